The Kier molecular flexibility index (Phi) is 8.46. The molecule has 1 aromatic heterocycles. The van der Waals surface area contributed by atoms with E-state index in [1.165, 1.54) is 12.1 Å². The first-order valence-electron chi connectivity index (χ1n) is 14.7. The number of nitrogens with zero attached hydrogens (tertiary/aromatic N) is 2. The van der Waals surface area contributed by atoms with Crippen LogP contribution in [0.5, 0.6) is 5.75 Å². The van der Waals surface area contributed by atoms with Gasteiger partial charge < -0.3 is 9.84 Å². The first-order chi connectivity index (χ1) is 22.1. The van der Waals surface area contributed by atoms with E-state index < -0.39 is 64.8 Å². The minimum absolute atomic E-state index is 0.0160. The molecule has 0 spiro atoms. The smallest absolute Gasteiger partial charge is 0.416 e. The number of phenols is 1. The van der Waals surface area contributed by atoms with Crippen molar-refractivity contribution in [2.24, 2.45) is 17.8 Å². The van der Waals surface area contributed by atoms with Gasteiger partial charge in [0.05, 0.1) is 52.1 Å². The molecule has 4 atom stereocenters. The van der Waals surface area contributed by atoms with Gasteiger partial charge in [-0.2, -0.15) is 26.3 Å². The minimum Gasteiger partial charge on any atom is -0.508 e. The second kappa shape index (κ2) is 12.1. The number of rotatable bonds is 6. The van der Waals surface area contributed by atoms with Gasteiger partial charge in [0.1, 0.15) is 5.75 Å². The summed E-state index contributed by atoms with van der Waals surface area (Å²) in [5.41, 5.74) is -0.199. The fraction of sp³-hybridized carbons (Fsp3) is 0.324. The summed E-state index contributed by atoms with van der Waals surface area (Å²) in [5.74, 6) is -4.16. The zero-order valence-electron chi connectivity index (χ0n) is 24.7. The highest BCUT2D eigenvalue weighted by Crippen LogP contribution is 2.51. The number of imide groups is 1. The third kappa shape index (κ3) is 6.28. The number of ether oxygens (including phenoxy) is 1. The van der Waals surface area contributed by atoms with Crippen molar-refractivity contribution >= 4 is 40.8 Å². The molecule has 3 aromatic rings. The molecule has 47 heavy (non-hydrogen) atoms. The number of fused-ring (bicyclic) bond motifs is 3. The van der Waals surface area contributed by atoms with Gasteiger partial charge in [-0.05, 0) is 97.5 Å². The maximum absolute atomic E-state index is 13.8. The predicted octanol–water partition coefficient (Wildman–Crippen LogP) is 8.34. The van der Waals surface area contributed by atoms with Gasteiger partial charge in [-0.3, -0.25) is 14.6 Å². The van der Waals surface area contributed by atoms with Crippen LogP contribution in [0, 0.1) is 17.8 Å². The summed E-state index contributed by atoms with van der Waals surface area (Å²) in [6.45, 7) is 1.87. The van der Waals surface area contributed by atoms with Crippen LogP contribution in [0.2, 0.25) is 5.02 Å². The van der Waals surface area contributed by atoms with Crippen LogP contribution in [0.3, 0.4) is 0 Å². The number of anilines is 1. The fourth-order valence-corrected chi connectivity index (χ4v) is 7.11. The number of carbonyl (C=O) groups is 2. The molecule has 13 heteroatoms. The highest BCUT2D eigenvalue weighted by Gasteiger charge is 2.57. The molecule has 2 amide bonds. The molecule has 2 saturated heterocycles. The number of hydrogen-bond donors (Lipinski definition) is 1. The predicted molar refractivity (Wildman–Crippen MR) is 161 cm³/mol. The van der Waals surface area contributed by atoms with E-state index in [1.54, 1.807) is 25.3 Å². The maximum atomic E-state index is 13.8. The van der Waals surface area contributed by atoms with E-state index in [4.69, 9.17) is 16.3 Å². The van der Waals surface area contributed by atoms with E-state index in [0.717, 1.165) is 16.7 Å². The lowest BCUT2D eigenvalue weighted by Gasteiger charge is -2.30. The number of aromatic hydroxyl groups is 1. The first kappa shape index (κ1) is 32.8. The van der Waals surface area contributed by atoms with E-state index in [0.29, 0.717) is 46.2 Å². The summed E-state index contributed by atoms with van der Waals surface area (Å²) in [6.07, 6.45) is -6.19. The molecule has 0 bridgehead atoms. The number of hydrogen-bond acceptors (Lipinski definition) is 5. The van der Waals surface area contributed by atoms with Crippen LogP contribution >= 0.6 is 11.6 Å². The molecule has 3 aliphatic rings. The van der Waals surface area contributed by atoms with Crippen LogP contribution in [0.15, 0.2) is 71.9 Å². The number of carbonyl (C=O) groups excluding carboxylic acids is 2. The SMILES string of the molecule is CC1=C2[C@@H](CC/C(=C/c3ccc(O)cc3Cl)c3ccccn3)OC[C@@H]2[C@@H]2C(=O)N(c3cc(C(F)(F)F)cc(C(F)(F)F)c3)C(=O)[C@@H]2C1. The van der Waals surface area contributed by atoms with Crippen LogP contribution in [0.25, 0.3) is 11.6 Å². The summed E-state index contributed by atoms with van der Waals surface area (Å²) in [7, 11) is 0. The number of benzene rings is 2. The van der Waals surface area contributed by atoms with Crippen molar-refractivity contribution in [1.82, 2.24) is 4.98 Å². The van der Waals surface area contributed by atoms with Crippen LogP contribution < -0.4 is 4.90 Å². The molecular formula is C34H27ClF6N2O4. The third-order valence-corrected chi connectivity index (χ3v) is 9.29. The molecule has 0 radical (unpaired) electrons. The average molecular weight is 677 g/mol. The molecule has 6 nitrogen and oxygen atoms in total. The average Bonchev–Trinajstić information content (AvgIpc) is 3.54. The molecule has 2 aromatic carbocycles. The molecule has 1 N–H and O–H groups in total. The Labute approximate surface area is 270 Å². The van der Waals surface area contributed by atoms with Crippen LogP contribution in [0.4, 0.5) is 32.0 Å². The third-order valence-electron chi connectivity index (χ3n) is 8.97. The van der Waals surface area contributed by atoms with Gasteiger partial charge >= 0.3 is 12.4 Å². The molecular weight excluding hydrogens is 650 g/mol. The number of phenolic OH excluding ortho intramolecular Hbond substituents is 1. The Balaban J connectivity index is 1.28. The number of halogens is 7. The number of aromatic nitrogens is 1. The lowest BCUT2D eigenvalue weighted by molar-refractivity contribution is -0.143. The quantitative estimate of drug-likeness (QED) is 0.161. The molecule has 0 unspecified atom stereocenters. The Bertz CT molecular complexity index is 1770. The lowest BCUT2D eigenvalue weighted by atomic mass is 9.70. The number of allylic oxidation sites excluding steroid dienone is 2. The van der Waals surface area contributed by atoms with Crippen molar-refractivity contribution in [2.75, 3.05) is 11.5 Å². The van der Waals surface area contributed by atoms with Gasteiger partial charge in [-0.15, -0.1) is 0 Å². The Morgan fingerprint density at radius 2 is 1.70 bits per heavy atom. The standard InChI is InChI=1S/C34H27ClF6N2O4/c1-17-10-24-30(32(46)43(31(24)45)22-13-20(33(36,37)38)12-21(14-22)34(39,40)41)25-16-47-28(29(17)25)8-6-19(27-4-2-3-9-42-27)11-18-5-7-23(44)15-26(18)35/h2-5,7,9,11-15,24-25,28,30,44H,6,8,10,16H2,1H3/b19-11-/t24-,25+,28-,30-/m1/s1. The molecule has 6 rings (SSSR count). The molecule has 3 heterocycles. The summed E-state index contributed by atoms with van der Waals surface area (Å²) in [6, 6.07) is 10.8. The molecule has 2 aliphatic heterocycles. The van der Waals surface area contributed by atoms with Crippen LogP contribution in [-0.4, -0.2) is 34.6 Å². The van der Waals surface area contributed by atoms with Crippen molar-refractivity contribution < 1.29 is 45.8 Å². The monoisotopic (exact) mass is 676 g/mol. The topological polar surface area (TPSA) is 79.7 Å². The first-order valence-corrected chi connectivity index (χ1v) is 15.1. The van der Waals surface area contributed by atoms with E-state index >= 15 is 0 Å². The van der Waals surface area contributed by atoms with Gasteiger partial charge in [0, 0.05) is 12.1 Å². The molecule has 1 aliphatic carbocycles. The van der Waals surface area contributed by atoms with Gasteiger partial charge in [0.2, 0.25) is 11.8 Å². The van der Waals surface area contributed by atoms with Gasteiger partial charge in [-0.25, -0.2) is 4.90 Å². The lowest BCUT2D eigenvalue weighted by Crippen LogP contribution is -2.34. The van der Waals surface area contributed by atoms with Crippen molar-refractivity contribution in [2.45, 2.75) is 44.6 Å². The normalized spacial score (nSPS) is 23.4. The Morgan fingerprint density at radius 1 is 1.00 bits per heavy atom. The van der Waals surface area contributed by atoms with Crippen molar-refractivity contribution in [3.05, 3.63) is 99.3 Å². The zero-order chi connectivity index (χ0) is 33.8. The number of alkyl halides is 6. The summed E-state index contributed by atoms with van der Waals surface area (Å²) < 4.78 is 87.6. The van der Waals surface area contributed by atoms with E-state index in [1.807, 2.05) is 18.2 Å². The van der Waals surface area contributed by atoms with Crippen LogP contribution in [-0.2, 0) is 26.7 Å². The Hall–Kier alpha value is -4.16. The molecule has 0 saturated carbocycles. The second-order valence-electron chi connectivity index (χ2n) is 11.9. The maximum Gasteiger partial charge on any atom is 0.416 e. The van der Waals surface area contributed by atoms with Crippen molar-refractivity contribution in [3.63, 3.8) is 0 Å². The Morgan fingerprint density at radius 3 is 2.32 bits per heavy atom. The number of pyridine rings is 1. The summed E-state index contributed by atoms with van der Waals surface area (Å²) >= 11 is 6.36. The van der Waals surface area contributed by atoms with Crippen molar-refractivity contribution in [1.29, 1.82) is 0 Å². The largest absolute Gasteiger partial charge is 0.508 e. The fourth-order valence-electron chi connectivity index (χ4n) is 6.89. The molecule has 246 valence electrons. The van der Waals surface area contributed by atoms with Gasteiger partial charge in [0.15, 0.2) is 0 Å². The van der Waals surface area contributed by atoms with Gasteiger partial charge in [0.25, 0.3) is 0 Å². The summed E-state index contributed by atoms with van der Waals surface area (Å²) in [4.78, 5) is 32.2. The highest BCUT2D eigenvalue weighted by molar-refractivity contribution is 6.32. The second-order valence-corrected chi connectivity index (χ2v) is 12.3. The van der Waals surface area contributed by atoms with Crippen LogP contribution in [0.1, 0.15) is 48.6 Å². The highest BCUT2D eigenvalue weighted by atomic mass is 35.5. The minimum atomic E-state index is -5.14. The number of amides is 2. The zero-order valence-corrected chi connectivity index (χ0v) is 25.5. The van der Waals surface area contributed by atoms with E-state index in [9.17, 15) is 41.0 Å². The molecule has 2 fully saturated rings. The van der Waals surface area contributed by atoms with E-state index in [-0.39, 0.29) is 24.8 Å². The van der Waals surface area contributed by atoms with Crippen molar-refractivity contribution in [3.8, 4) is 5.75 Å². The summed E-state index contributed by atoms with van der Waals surface area (Å²) in [5, 5.41) is 10.1. The van der Waals surface area contributed by atoms with E-state index in [2.05, 4.69) is 4.98 Å². The van der Waals surface area contributed by atoms with Gasteiger partial charge in [-0.1, -0.05) is 23.2 Å².